The smallest absolute Gasteiger partial charge is 0.226 e. The molecule has 1 fully saturated rings. The van der Waals surface area contributed by atoms with Gasteiger partial charge in [-0.15, -0.1) is 6.58 Å². The summed E-state index contributed by atoms with van der Waals surface area (Å²) in [7, 11) is 0. The van der Waals surface area contributed by atoms with Crippen molar-refractivity contribution < 1.29 is 4.79 Å². The number of hydrogen-bond donors (Lipinski definition) is 1. The second kappa shape index (κ2) is 8.79. The third kappa shape index (κ3) is 5.79. The van der Waals surface area contributed by atoms with E-state index in [1.54, 1.807) is 6.08 Å². The normalized spacial score (nSPS) is 19.6. The van der Waals surface area contributed by atoms with Crippen molar-refractivity contribution in [3.05, 3.63) is 12.7 Å². The number of carbonyl (C=O) groups excluding carboxylic acids is 1. The van der Waals surface area contributed by atoms with Crippen LogP contribution in [0.5, 0.6) is 0 Å². The van der Waals surface area contributed by atoms with Gasteiger partial charge in [0.15, 0.2) is 0 Å². The Kier molecular flexibility index (Phi) is 8.30. The first kappa shape index (κ1) is 13.2. The molecule has 0 aromatic rings. The van der Waals surface area contributed by atoms with Gasteiger partial charge >= 0.3 is 0 Å². The molecule has 1 atom stereocenters. The minimum Gasteiger partial charge on any atom is -0.356 e. The first-order chi connectivity index (χ1) is 6.76. The third-order valence-electron chi connectivity index (χ3n) is 2.33. The number of carbonyl (C=O) groups is 1. The molecule has 14 heavy (non-hydrogen) atoms. The fourth-order valence-electron chi connectivity index (χ4n) is 1.34. The Hall–Kier alpha value is -0.790. The van der Waals surface area contributed by atoms with Gasteiger partial charge in [0.05, 0.1) is 5.92 Å². The molecule has 1 aliphatic heterocycles. The molecule has 0 aliphatic carbocycles. The molecule has 1 heterocycles. The summed E-state index contributed by atoms with van der Waals surface area (Å²) in [5.74, 6) is 0.204. The Bertz CT molecular complexity index is 162. The van der Waals surface area contributed by atoms with E-state index < -0.39 is 0 Å². The standard InChI is InChI=1S/C6H9NO.C6H14/c1-2-5-3-4-7-6(5)8;1-3-5-6-4-2/h2,5H,1,3-4H2,(H,7,8);3-6H2,1-2H3. The summed E-state index contributed by atoms with van der Waals surface area (Å²) in [4.78, 5) is 10.6. The van der Waals surface area contributed by atoms with E-state index in [0.717, 1.165) is 13.0 Å². The van der Waals surface area contributed by atoms with E-state index in [2.05, 4.69) is 25.7 Å². The Balaban J connectivity index is 0.000000255. The zero-order chi connectivity index (χ0) is 10.8. The van der Waals surface area contributed by atoms with Crippen molar-refractivity contribution in [1.82, 2.24) is 5.32 Å². The maximum absolute atomic E-state index is 10.6. The molecule has 0 bridgehead atoms. The van der Waals surface area contributed by atoms with Crippen molar-refractivity contribution in [2.24, 2.45) is 5.92 Å². The Morgan fingerprint density at radius 3 is 2.21 bits per heavy atom. The quantitative estimate of drug-likeness (QED) is 0.545. The van der Waals surface area contributed by atoms with Gasteiger partial charge in [0.2, 0.25) is 5.91 Å². The molecule has 1 N–H and O–H groups in total. The molecule has 82 valence electrons. The Morgan fingerprint density at radius 2 is 2.00 bits per heavy atom. The van der Waals surface area contributed by atoms with Crippen molar-refractivity contribution in [3.63, 3.8) is 0 Å². The van der Waals surface area contributed by atoms with E-state index in [4.69, 9.17) is 0 Å². The van der Waals surface area contributed by atoms with Crippen LogP contribution < -0.4 is 5.32 Å². The molecule has 1 unspecified atom stereocenters. The number of amides is 1. The molecule has 1 amide bonds. The van der Waals surface area contributed by atoms with Crippen LogP contribution in [0.15, 0.2) is 12.7 Å². The predicted octanol–water partition coefficient (Wildman–Crippen LogP) is 2.90. The molecular formula is C12H23NO. The fourth-order valence-corrected chi connectivity index (χ4v) is 1.34. The monoisotopic (exact) mass is 197 g/mol. The van der Waals surface area contributed by atoms with Gasteiger partial charge in [-0.05, 0) is 6.42 Å². The van der Waals surface area contributed by atoms with Crippen LogP contribution in [0.25, 0.3) is 0 Å². The topological polar surface area (TPSA) is 29.1 Å². The number of hydrogen-bond acceptors (Lipinski definition) is 1. The van der Waals surface area contributed by atoms with Gasteiger partial charge in [0.25, 0.3) is 0 Å². The van der Waals surface area contributed by atoms with Crippen molar-refractivity contribution >= 4 is 5.91 Å². The summed E-state index contributed by atoms with van der Waals surface area (Å²) >= 11 is 0. The maximum atomic E-state index is 10.6. The predicted molar refractivity (Wildman–Crippen MR) is 61.1 cm³/mol. The van der Waals surface area contributed by atoms with Crippen molar-refractivity contribution in [1.29, 1.82) is 0 Å². The highest BCUT2D eigenvalue weighted by atomic mass is 16.2. The van der Waals surface area contributed by atoms with E-state index >= 15 is 0 Å². The summed E-state index contributed by atoms with van der Waals surface area (Å²) in [6, 6.07) is 0. The molecule has 2 nitrogen and oxygen atoms in total. The van der Waals surface area contributed by atoms with E-state index in [1.807, 2.05) is 0 Å². The molecule has 1 saturated heterocycles. The van der Waals surface area contributed by atoms with Gasteiger partial charge in [0.1, 0.15) is 0 Å². The SMILES string of the molecule is C=CC1CCNC1=O.CCCCCC. The Morgan fingerprint density at radius 1 is 1.43 bits per heavy atom. The minimum absolute atomic E-state index is 0.0787. The number of rotatable bonds is 4. The third-order valence-corrected chi connectivity index (χ3v) is 2.33. The molecule has 0 spiro atoms. The second-order valence-corrected chi connectivity index (χ2v) is 3.63. The summed E-state index contributed by atoms with van der Waals surface area (Å²) in [6.45, 7) is 8.81. The van der Waals surface area contributed by atoms with Crippen LogP contribution in [0.1, 0.15) is 46.0 Å². The lowest BCUT2D eigenvalue weighted by Crippen LogP contribution is -2.17. The fraction of sp³-hybridized carbons (Fsp3) is 0.750. The number of unbranched alkanes of at least 4 members (excludes halogenated alkanes) is 3. The maximum Gasteiger partial charge on any atom is 0.226 e. The van der Waals surface area contributed by atoms with Gasteiger partial charge in [-0.1, -0.05) is 45.6 Å². The van der Waals surface area contributed by atoms with Crippen LogP contribution >= 0.6 is 0 Å². The van der Waals surface area contributed by atoms with Gasteiger partial charge in [-0.2, -0.15) is 0 Å². The van der Waals surface area contributed by atoms with E-state index in [-0.39, 0.29) is 11.8 Å². The van der Waals surface area contributed by atoms with Crippen molar-refractivity contribution in [2.45, 2.75) is 46.0 Å². The summed E-state index contributed by atoms with van der Waals surface area (Å²) in [5, 5.41) is 2.71. The molecule has 0 saturated carbocycles. The summed E-state index contributed by atoms with van der Waals surface area (Å²) in [5.41, 5.74) is 0. The molecule has 1 rings (SSSR count). The van der Waals surface area contributed by atoms with Crippen LogP contribution in [0.2, 0.25) is 0 Å². The molecule has 0 radical (unpaired) electrons. The van der Waals surface area contributed by atoms with Gasteiger partial charge in [0, 0.05) is 6.54 Å². The minimum atomic E-state index is 0.0787. The first-order valence-electron chi connectivity index (χ1n) is 5.66. The molecule has 2 heteroatoms. The lowest BCUT2D eigenvalue weighted by atomic mass is 10.1. The Labute approximate surface area is 87.8 Å². The highest BCUT2D eigenvalue weighted by Crippen LogP contribution is 2.08. The van der Waals surface area contributed by atoms with Crippen LogP contribution in [-0.4, -0.2) is 12.5 Å². The average molecular weight is 197 g/mol. The summed E-state index contributed by atoms with van der Waals surface area (Å²) in [6.07, 6.45) is 8.15. The van der Waals surface area contributed by atoms with Crippen molar-refractivity contribution in [2.75, 3.05) is 6.54 Å². The van der Waals surface area contributed by atoms with Crippen LogP contribution in [0, 0.1) is 5.92 Å². The molecular weight excluding hydrogens is 174 g/mol. The molecule has 0 aromatic carbocycles. The van der Waals surface area contributed by atoms with E-state index in [1.165, 1.54) is 25.7 Å². The highest BCUT2D eigenvalue weighted by Gasteiger charge is 2.19. The molecule has 0 aromatic heterocycles. The average Bonchev–Trinajstić information content (AvgIpc) is 2.61. The highest BCUT2D eigenvalue weighted by molar-refractivity contribution is 5.82. The lowest BCUT2D eigenvalue weighted by molar-refractivity contribution is -0.121. The zero-order valence-corrected chi connectivity index (χ0v) is 9.51. The zero-order valence-electron chi connectivity index (χ0n) is 9.51. The second-order valence-electron chi connectivity index (χ2n) is 3.63. The lowest BCUT2D eigenvalue weighted by Gasteiger charge is -1.93. The largest absolute Gasteiger partial charge is 0.356 e. The van der Waals surface area contributed by atoms with Crippen LogP contribution in [0.4, 0.5) is 0 Å². The van der Waals surface area contributed by atoms with Gasteiger partial charge in [-0.3, -0.25) is 4.79 Å². The number of nitrogens with one attached hydrogen (secondary N) is 1. The van der Waals surface area contributed by atoms with Gasteiger partial charge in [-0.25, -0.2) is 0 Å². The van der Waals surface area contributed by atoms with Crippen molar-refractivity contribution in [3.8, 4) is 0 Å². The first-order valence-corrected chi connectivity index (χ1v) is 5.66. The van der Waals surface area contributed by atoms with E-state index in [9.17, 15) is 4.79 Å². The van der Waals surface area contributed by atoms with Crippen LogP contribution in [-0.2, 0) is 4.79 Å². The van der Waals surface area contributed by atoms with Crippen LogP contribution in [0.3, 0.4) is 0 Å². The van der Waals surface area contributed by atoms with E-state index in [0.29, 0.717) is 0 Å². The van der Waals surface area contributed by atoms with Gasteiger partial charge < -0.3 is 5.32 Å². The summed E-state index contributed by atoms with van der Waals surface area (Å²) < 4.78 is 0. The molecule has 1 aliphatic rings.